The van der Waals surface area contributed by atoms with Crippen molar-refractivity contribution < 1.29 is 27.4 Å². The monoisotopic (exact) mass is 426 g/mol. The number of alkyl halides is 2. The zero-order valence-corrected chi connectivity index (χ0v) is 16.6. The van der Waals surface area contributed by atoms with Crippen molar-refractivity contribution in [3.05, 3.63) is 57.9 Å². The Morgan fingerprint density at radius 2 is 1.97 bits per heavy atom. The lowest BCUT2D eigenvalue weighted by molar-refractivity contribution is 0.0523. The molecule has 2 aromatic carbocycles. The third kappa shape index (κ3) is 6.29. The number of hydrogen-bond donors (Lipinski definition) is 1. The van der Waals surface area contributed by atoms with Gasteiger partial charge in [0.25, 0.3) is 6.43 Å². The van der Waals surface area contributed by atoms with Crippen molar-refractivity contribution in [2.75, 3.05) is 0 Å². The van der Waals surface area contributed by atoms with E-state index in [1.54, 1.807) is 26.8 Å². The van der Waals surface area contributed by atoms with Gasteiger partial charge in [0.05, 0.1) is 16.7 Å². The predicted molar refractivity (Wildman–Crippen MR) is 101 cm³/mol. The Bertz CT molecular complexity index is 953. The summed E-state index contributed by atoms with van der Waals surface area (Å²) in [5, 5.41) is 11.3. The number of nitriles is 1. The van der Waals surface area contributed by atoms with E-state index in [2.05, 4.69) is 5.32 Å². The summed E-state index contributed by atoms with van der Waals surface area (Å²) in [7, 11) is 0. The summed E-state index contributed by atoms with van der Waals surface area (Å²) in [5.41, 5.74) is -1.19. The maximum absolute atomic E-state index is 14.8. The van der Waals surface area contributed by atoms with Crippen molar-refractivity contribution in [2.24, 2.45) is 0 Å². The average molecular weight is 427 g/mol. The zero-order valence-electron chi connectivity index (χ0n) is 15.9. The molecule has 5 nitrogen and oxygen atoms in total. The van der Waals surface area contributed by atoms with Gasteiger partial charge in [0, 0.05) is 17.7 Å². The number of carbonyl (C=O) groups is 1. The van der Waals surface area contributed by atoms with Crippen molar-refractivity contribution in [2.45, 2.75) is 39.3 Å². The summed E-state index contributed by atoms with van der Waals surface area (Å²) < 4.78 is 51.3. The van der Waals surface area contributed by atoms with Gasteiger partial charge in [-0.2, -0.15) is 5.26 Å². The smallest absolute Gasteiger partial charge is 0.407 e. The molecular formula is C20H18ClF3N2O3. The van der Waals surface area contributed by atoms with Crippen molar-refractivity contribution in [1.29, 1.82) is 5.26 Å². The number of rotatable bonds is 5. The second-order valence-electron chi connectivity index (χ2n) is 7.01. The average Bonchev–Trinajstić information content (AvgIpc) is 2.62. The second kappa shape index (κ2) is 9.05. The molecule has 0 unspecified atom stereocenters. The topological polar surface area (TPSA) is 71.3 Å². The Kier molecular flexibility index (Phi) is 6.98. The van der Waals surface area contributed by atoms with Crippen LogP contribution in [0.2, 0.25) is 5.02 Å². The molecule has 0 atom stereocenters. The summed E-state index contributed by atoms with van der Waals surface area (Å²) in [4.78, 5) is 11.7. The van der Waals surface area contributed by atoms with E-state index in [9.17, 15) is 18.0 Å². The molecular weight excluding hydrogens is 409 g/mol. The van der Waals surface area contributed by atoms with E-state index in [1.807, 2.05) is 0 Å². The van der Waals surface area contributed by atoms with Gasteiger partial charge in [-0.15, -0.1) is 0 Å². The third-order valence-electron chi connectivity index (χ3n) is 3.48. The Hall–Kier alpha value is -2.92. The molecule has 0 aliphatic rings. The first-order valence-corrected chi connectivity index (χ1v) is 8.83. The molecule has 154 valence electrons. The van der Waals surface area contributed by atoms with E-state index < -0.39 is 35.2 Å². The molecule has 9 heteroatoms. The molecule has 0 heterocycles. The zero-order chi connectivity index (χ0) is 21.8. The molecule has 0 aromatic heterocycles. The maximum atomic E-state index is 14.8. The number of benzene rings is 2. The standard InChI is InChI=1S/C20H18ClF3N2O3/c1-20(2,3)29-19(27)26-10-12-4-5-15(21)17(16(12)22)28-14-7-11(9-25)6-13(8-14)18(23)24/h4-8,18H,10H2,1-3H3,(H,26,27). The summed E-state index contributed by atoms with van der Waals surface area (Å²) in [6.07, 6.45) is -3.58. The van der Waals surface area contributed by atoms with Crippen LogP contribution in [0.25, 0.3) is 0 Å². The molecule has 0 aliphatic carbocycles. The van der Waals surface area contributed by atoms with Crippen LogP contribution in [0.15, 0.2) is 30.3 Å². The second-order valence-corrected chi connectivity index (χ2v) is 7.42. The summed E-state index contributed by atoms with van der Waals surface area (Å²) in [6.45, 7) is 4.84. The van der Waals surface area contributed by atoms with Crippen molar-refractivity contribution >= 4 is 17.7 Å². The Balaban J connectivity index is 2.27. The van der Waals surface area contributed by atoms with E-state index in [0.29, 0.717) is 0 Å². The van der Waals surface area contributed by atoms with Gasteiger partial charge in [-0.05, 0) is 45.0 Å². The Labute approximate surface area is 171 Å². The van der Waals surface area contributed by atoms with E-state index in [4.69, 9.17) is 26.3 Å². The van der Waals surface area contributed by atoms with Crippen molar-refractivity contribution in [1.82, 2.24) is 5.32 Å². The SMILES string of the molecule is CC(C)(C)OC(=O)NCc1ccc(Cl)c(Oc2cc(C#N)cc(C(F)F)c2)c1F. The fourth-order valence-corrected chi connectivity index (χ4v) is 2.46. The number of amides is 1. The fourth-order valence-electron chi connectivity index (χ4n) is 2.27. The molecule has 0 saturated heterocycles. The van der Waals surface area contributed by atoms with Crippen LogP contribution in [-0.4, -0.2) is 11.7 Å². The number of hydrogen-bond acceptors (Lipinski definition) is 4. The summed E-state index contributed by atoms with van der Waals surface area (Å²) in [5.74, 6) is -1.46. The van der Waals surface area contributed by atoms with Gasteiger partial charge in [-0.3, -0.25) is 0 Å². The van der Waals surface area contributed by atoms with Gasteiger partial charge in [-0.1, -0.05) is 17.7 Å². The first kappa shape index (κ1) is 22.4. The van der Waals surface area contributed by atoms with Crippen LogP contribution in [0.5, 0.6) is 11.5 Å². The highest BCUT2D eigenvalue weighted by molar-refractivity contribution is 6.32. The number of carbonyl (C=O) groups excluding carboxylic acids is 1. The first-order valence-electron chi connectivity index (χ1n) is 8.45. The maximum Gasteiger partial charge on any atom is 0.407 e. The Morgan fingerprint density at radius 1 is 1.28 bits per heavy atom. The van der Waals surface area contributed by atoms with Crippen LogP contribution in [0.3, 0.4) is 0 Å². The molecule has 0 spiro atoms. The number of ether oxygens (including phenoxy) is 2. The predicted octanol–water partition coefficient (Wildman–Crippen LogP) is 6.11. The third-order valence-corrected chi connectivity index (χ3v) is 3.78. The van der Waals surface area contributed by atoms with Crippen molar-refractivity contribution in [3.8, 4) is 17.6 Å². The largest absolute Gasteiger partial charge is 0.453 e. The van der Waals surface area contributed by atoms with Gasteiger partial charge >= 0.3 is 6.09 Å². The van der Waals surface area contributed by atoms with Crippen LogP contribution in [-0.2, 0) is 11.3 Å². The molecule has 0 radical (unpaired) electrons. The molecule has 0 fully saturated rings. The van der Waals surface area contributed by atoms with Crippen LogP contribution in [0.4, 0.5) is 18.0 Å². The molecule has 0 aliphatic heterocycles. The molecule has 1 amide bonds. The van der Waals surface area contributed by atoms with Crippen LogP contribution < -0.4 is 10.1 Å². The molecule has 2 rings (SSSR count). The van der Waals surface area contributed by atoms with E-state index in [0.717, 1.165) is 12.1 Å². The van der Waals surface area contributed by atoms with Gasteiger partial charge in [0.1, 0.15) is 11.4 Å². The fraction of sp³-hybridized carbons (Fsp3) is 0.300. The van der Waals surface area contributed by atoms with E-state index in [-0.39, 0.29) is 28.4 Å². The van der Waals surface area contributed by atoms with Gasteiger partial charge < -0.3 is 14.8 Å². The summed E-state index contributed by atoms with van der Waals surface area (Å²) in [6, 6.07) is 7.62. The lowest BCUT2D eigenvalue weighted by atomic mass is 10.1. The molecule has 1 N–H and O–H groups in total. The first-order chi connectivity index (χ1) is 13.5. The van der Waals surface area contributed by atoms with Gasteiger partial charge in [-0.25, -0.2) is 18.0 Å². The van der Waals surface area contributed by atoms with Crippen LogP contribution in [0, 0.1) is 17.1 Å². The van der Waals surface area contributed by atoms with E-state index in [1.165, 1.54) is 18.2 Å². The lowest BCUT2D eigenvalue weighted by Crippen LogP contribution is -2.32. The number of alkyl carbamates (subject to hydrolysis) is 1. The number of nitrogens with zero attached hydrogens (tertiary/aromatic N) is 1. The highest BCUT2D eigenvalue weighted by Gasteiger charge is 2.19. The molecule has 2 aromatic rings. The van der Waals surface area contributed by atoms with Crippen LogP contribution in [0.1, 0.15) is 43.9 Å². The van der Waals surface area contributed by atoms with Gasteiger partial charge in [0.15, 0.2) is 11.6 Å². The van der Waals surface area contributed by atoms with Crippen molar-refractivity contribution in [3.63, 3.8) is 0 Å². The summed E-state index contributed by atoms with van der Waals surface area (Å²) >= 11 is 5.99. The number of halogens is 4. The highest BCUT2D eigenvalue weighted by Crippen LogP contribution is 2.35. The quantitative estimate of drug-likeness (QED) is 0.626. The highest BCUT2D eigenvalue weighted by atomic mass is 35.5. The minimum absolute atomic E-state index is 0.0424. The van der Waals surface area contributed by atoms with E-state index >= 15 is 0 Å². The molecule has 29 heavy (non-hydrogen) atoms. The van der Waals surface area contributed by atoms with Gasteiger partial charge in [0.2, 0.25) is 0 Å². The Morgan fingerprint density at radius 3 is 2.55 bits per heavy atom. The van der Waals surface area contributed by atoms with Crippen LogP contribution >= 0.6 is 11.6 Å². The number of nitrogens with one attached hydrogen (secondary N) is 1. The normalized spacial score (nSPS) is 11.1. The molecule has 0 saturated carbocycles. The minimum atomic E-state index is -2.84. The molecule has 0 bridgehead atoms. The minimum Gasteiger partial charge on any atom is -0.453 e. The lowest BCUT2D eigenvalue weighted by Gasteiger charge is -2.20.